The van der Waals surface area contributed by atoms with E-state index in [4.69, 9.17) is 0 Å². The van der Waals surface area contributed by atoms with E-state index < -0.39 is 0 Å². The van der Waals surface area contributed by atoms with Crippen LogP contribution in [0.2, 0.25) is 0 Å². The maximum absolute atomic E-state index is 3.44. The fourth-order valence-electron chi connectivity index (χ4n) is 2.43. The van der Waals surface area contributed by atoms with Gasteiger partial charge in [-0.15, -0.1) is 0 Å². The molecule has 0 bridgehead atoms. The van der Waals surface area contributed by atoms with Crippen molar-refractivity contribution in [1.82, 2.24) is 10.2 Å². The largest absolute Gasteiger partial charge is 0.314 e. The minimum atomic E-state index is 0.679. The molecule has 2 heteroatoms. The van der Waals surface area contributed by atoms with E-state index in [0.29, 0.717) is 6.04 Å². The Labute approximate surface area is 105 Å². The zero-order chi connectivity index (χ0) is 12.1. The number of aryl methyl sites for hydroxylation is 1. The summed E-state index contributed by atoms with van der Waals surface area (Å²) in [5.41, 5.74) is 2.90. The topological polar surface area (TPSA) is 15.3 Å². The van der Waals surface area contributed by atoms with Crippen molar-refractivity contribution in [1.29, 1.82) is 0 Å². The average molecular weight is 232 g/mol. The van der Waals surface area contributed by atoms with E-state index in [0.717, 1.165) is 19.5 Å². The maximum atomic E-state index is 3.44. The van der Waals surface area contributed by atoms with Crippen LogP contribution in [0.3, 0.4) is 0 Å². The van der Waals surface area contributed by atoms with E-state index in [1.165, 1.54) is 30.6 Å². The van der Waals surface area contributed by atoms with E-state index in [1.807, 2.05) is 0 Å². The molecule has 1 N–H and O–H groups in total. The molecular weight excluding hydrogens is 208 g/mol. The van der Waals surface area contributed by atoms with Crippen LogP contribution in [-0.2, 0) is 12.8 Å². The van der Waals surface area contributed by atoms with Gasteiger partial charge < -0.3 is 5.32 Å². The average Bonchev–Trinajstić information content (AvgIpc) is 2.38. The lowest BCUT2D eigenvalue weighted by atomic mass is 10.1. The van der Waals surface area contributed by atoms with E-state index in [-0.39, 0.29) is 0 Å². The second-order valence-corrected chi connectivity index (χ2v) is 5.01. The van der Waals surface area contributed by atoms with Crippen LogP contribution in [0.1, 0.15) is 25.0 Å². The third kappa shape index (κ3) is 3.55. The Balaban J connectivity index is 1.84. The first kappa shape index (κ1) is 12.6. The summed E-state index contributed by atoms with van der Waals surface area (Å²) in [5, 5.41) is 3.44. The summed E-state index contributed by atoms with van der Waals surface area (Å²) in [5.74, 6) is 0. The summed E-state index contributed by atoms with van der Waals surface area (Å²) in [6.45, 7) is 9.17. The van der Waals surface area contributed by atoms with Gasteiger partial charge in [0.2, 0.25) is 0 Å². The van der Waals surface area contributed by atoms with Crippen molar-refractivity contribution in [2.45, 2.75) is 32.7 Å². The standard InChI is InChI=1S/C15H24N2/c1-3-14-4-6-15(7-5-14)8-10-17-11-9-16-12-13(17)2/h4-7,13,16H,3,8-12H2,1-2H3. The molecule has 94 valence electrons. The van der Waals surface area contributed by atoms with Gasteiger partial charge in [-0.2, -0.15) is 0 Å². The fourth-order valence-corrected chi connectivity index (χ4v) is 2.43. The summed E-state index contributed by atoms with van der Waals surface area (Å²) in [6, 6.07) is 9.77. The van der Waals surface area contributed by atoms with E-state index in [2.05, 4.69) is 48.3 Å². The molecule has 0 saturated carbocycles. The van der Waals surface area contributed by atoms with Crippen molar-refractivity contribution >= 4 is 0 Å². The highest BCUT2D eigenvalue weighted by Gasteiger charge is 2.16. The highest BCUT2D eigenvalue weighted by molar-refractivity contribution is 5.22. The zero-order valence-electron chi connectivity index (χ0n) is 11.1. The van der Waals surface area contributed by atoms with Gasteiger partial charge in [0, 0.05) is 32.2 Å². The van der Waals surface area contributed by atoms with Crippen LogP contribution < -0.4 is 5.32 Å². The minimum Gasteiger partial charge on any atom is -0.314 e. The number of nitrogens with zero attached hydrogens (tertiary/aromatic N) is 1. The predicted octanol–water partition coefficient (Wildman–Crippen LogP) is 2.09. The number of benzene rings is 1. The van der Waals surface area contributed by atoms with Gasteiger partial charge in [-0.1, -0.05) is 31.2 Å². The molecule has 1 aromatic carbocycles. The van der Waals surface area contributed by atoms with E-state index >= 15 is 0 Å². The van der Waals surface area contributed by atoms with Gasteiger partial charge in [0.05, 0.1) is 0 Å². The van der Waals surface area contributed by atoms with E-state index in [1.54, 1.807) is 0 Å². The Morgan fingerprint density at radius 2 is 1.94 bits per heavy atom. The molecule has 1 unspecified atom stereocenters. The van der Waals surface area contributed by atoms with Crippen LogP contribution in [-0.4, -0.2) is 37.1 Å². The molecule has 1 aliphatic heterocycles. The summed E-state index contributed by atoms with van der Waals surface area (Å²) in [6.07, 6.45) is 2.31. The smallest absolute Gasteiger partial charge is 0.0193 e. The normalized spacial score (nSPS) is 21.6. The Morgan fingerprint density at radius 1 is 1.24 bits per heavy atom. The van der Waals surface area contributed by atoms with Gasteiger partial charge in [0.15, 0.2) is 0 Å². The predicted molar refractivity (Wildman–Crippen MR) is 73.4 cm³/mol. The molecule has 0 spiro atoms. The Kier molecular flexibility index (Phi) is 4.57. The van der Waals surface area contributed by atoms with E-state index in [9.17, 15) is 0 Å². The van der Waals surface area contributed by atoms with Crippen LogP contribution in [0.15, 0.2) is 24.3 Å². The molecule has 0 aromatic heterocycles. The summed E-state index contributed by atoms with van der Waals surface area (Å²) < 4.78 is 0. The fraction of sp³-hybridized carbons (Fsp3) is 0.600. The first-order chi connectivity index (χ1) is 8.29. The van der Waals surface area contributed by atoms with Crippen LogP contribution in [0.4, 0.5) is 0 Å². The molecule has 2 nitrogen and oxygen atoms in total. The third-order valence-electron chi connectivity index (χ3n) is 3.76. The summed E-state index contributed by atoms with van der Waals surface area (Å²) >= 11 is 0. The van der Waals surface area contributed by atoms with Crippen molar-refractivity contribution in [2.24, 2.45) is 0 Å². The molecule has 0 aliphatic carbocycles. The highest BCUT2D eigenvalue weighted by Crippen LogP contribution is 2.08. The Hall–Kier alpha value is -0.860. The van der Waals surface area contributed by atoms with Crippen LogP contribution in [0.25, 0.3) is 0 Å². The van der Waals surface area contributed by atoms with Crippen LogP contribution >= 0.6 is 0 Å². The summed E-state index contributed by atoms with van der Waals surface area (Å²) in [7, 11) is 0. The number of piperazine rings is 1. The molecule has 1 heterocycles. The van der Waals surface area contributed by atoms with Crippen LogP contribution in [0, 0.1) is 0 Å². The monoisotopic (exact) mass is 232 g/mol. The Morgan fingerprint density at radius 3 is 2.59 bits per heavy atom. The van der Waals surface area contributed by atoms with Crippen molar-refractivity contribution in [2.75, 3.05) is 26.2 Å². The molecule has 1 atom stereocenters. The van der Waals surface area contributed by atoms with Gasteiger partial charge in [-0.25, -0.2) is 0 Å². The number of hydrogen-bond acceptors (Lipinski definition) is 2. The number of nitrogens with one attached hydrogen (secondary N) is 1. The van der Waals surface area contributed by atoms with Gasteiger partial charge >= 0.3 is 0 Å². The Bertz CT molecular complexity index is 331. The molecule has 1 aromatic rings. The molecule has 17 heavy (non-hydrogen) atoms. The molecule has 1 fully saturated rings. The first-order valence-electron chi connectivity index (χ1n) is 6.82. The SMILES string of the molecule is CCc1ccc(CCN2CCNCC2C)cc1. The molecule has 1 aliphatic rings. The first-order valence-corrected chi connectivity index (χ1v) is 6.82. The highest BCUT2D eigenvalue weighted by atomic mass is 15.2. The molecule has 0 radical (unpaired) electrons. The molecule has 1 saturated heterocycles. The van der Waals surface area contributed by atoms with Crippen molar-refractivity contribution in [3.8, 4) is 0 Å². The van der Waals surface area contributed by atoms with Gasteiger partial charge in [-0.05, 0) is 30.9 Å². The molecular formula is C15H24N2. The molecule has 2 rings (SSSR count). The minimum absolute atomic E-state index is 0.679. The summed E-state index contributed by atoms with van der Waals surface area (Å²) in [4.78, 5) is 2.59. The van der Waals surface area contributed by atoms with Crippen molar-refractivity contribution in [3.05, 3.63) is 35.4 Å². The van der Waals surface area contributed by atoms with Crippen molar-refractivity contribution < 1.29 is 0 Å². The molecule has 0 amide bonds. The van der Waals surface area contributed by atoms with Gasteiger partial charge in [0.1, 0.15) is 0 Å². The lowest BCUT2D eigenvalue weighted by molar-refractivity contribution is 0.176. The van der Waals surface area contributed by atoms with Crippen LogP contribution in [0.5, 0.6) is 0 Å². The lowest BCUT2D eigenvalue weighted by Gasteiger charge is -2.33. The lowest BCUT2D eigenvalue weighted by Crippen LogP contribution is -2.50. The number of hydrogen-bond donors (Lipinski definition) is 1. The second-order valence-electron chi connectivity index (χ2n) is 5.01. The van der Waals surface area contributed by atoms with Gasteiger partial charge in [0.25, 0.3) is 0 Å². The zero-order valence-corrected chi connectivity index (χ0v) is 11.1. The maximum Gasteiger partial charge on any atom is 0.0193 e. The quantitative estimate of drug-likeness (QED) is 0.855. The second kappa shape index (κ2) is 6.18. The van der Waals surface area contributed by atoms with Gasteiger partial charge in [-0.3, -0.25) is 4.90 Å². The third-order valence-corrected chi connectivity index (χ3v) is 3.76. The number of rotatable bonds is 4. The van der Waals surface area contributed by atoms with Crippen molar-refractivity contribution in [3.63, 3.8) is 0 Å².